The third-order valence-electron chi connectivity index (χ3n) is 2.94. The molecule has 0 saturated carbocycles. The normalized spacial score (nSPS) is 14.4. The summed E-state index contributed by atoms with van der Waals surface area (Å²) >= 11 is 0. The lowest BCUT2D eigenvalue weighted by atomic mass is 10.2. The van der Waals surface area contributed by atoms with Gasteiger partial charge in [-0.2, -0.15) is 5.10 Å². The van der Waals surface area contributed by atoms with Gasteiger partial charge in [-0.25, -0.2) is 4.68 Å². The third kappa shape index (κ3) is 1.32. The van der Waals surface area contributed by atoms with Crippen LogP contribution in [0.4, 0.5) is 5.82 Å². The van der Waals surface area contributed by atoms with Crippen molar-refractivity contribution in [1.29, 1.82) is 0 Å². The van der Waals surface area contributed by atoms with E-state index >= 15 is 0 Å². The van der Waals surface area contributed by atoms with Gasteiger partial charge in [0.25, 0.3) is 0 Å². The van der Waals surface area contributed by atoms with Crippen LogP contribution < -0.4 is 4.90 Å². The summed E-state index contributed by atoms with van der Waals surface area (Å²) in [7, 11) is 0. The zero-order chi connectivity index (χ0) is 11.0. The maximum absolute atomic E-state index is 4.57. The Morgan fingerprint density at radius 1 is 1.31 bits per heavy atom. The van der Waals surface area contributed by atoms with Gasteiger partial charge in [-0.3, -0.25) is 0 Å². The minimum atomic E-state index is 0.990. The van der Waals surface area contributed by atoms with E-state index in [1.165, 1.54) is 11.2 Å². The average Bonchev–Trinajstić information content (AvgIpc) is 2.68. The van der Waals surface area contributed by atoms with Gasteiger partial charge in [0.15, 0.2) is 0 Å². The molecule has 3 rings (SSSR count). The van der Waals surface area contributed by atoms with E-state index in [4.69, 9.17) is 0 Å². The highest BCUT2D eigenvalue weighted by molar-refractivity contribution is 5.92. The topological polar surface area (TPSA) is 21.1 Å². The Morgan fingerprint density at radius 3 is 3.06 bits per heavy atom. The molecule has 1 aliphatic heterocycles. The fourth-order valence-corrected chi connectivity index (χ4v) is 2.28. The predicted octanol–water partition coefficient (Wildman–Crippen LogP) is 2.74. The summed E-state index contributed by atoms with van der Waals surface area (Å²) in [5, 5.41) is 5.82. The van der Waals surface area contributed by atoms with Gasteiger partial charge in [-0.15, -0.1) is 0 Å². The Hall–Kier alpha value is -1.77. The summed E-state index contributed by atoms with van der Waals surface area (Å²) in [6.07, 6.45) is 5.38. The number of aromatic nitrogens is 2. The second-order valence-corrected chi connectivity index (χ2v) is 4.12. The maximum Gasteiger partial charge on any atom is 0.139 e. The summed E-state index contributed by atoms with van der Waals surface area (Å²) < 4.78 is 1.99. The molecule has 3 nitrogen and oxygen atoms in total. The Morgan fingerprint density at radius 2 is 2.19 bits per heavy atom. The van der Waals surface area contributed by atoms with Crippen molar-refractivity contribution < 1.29 is 0 Å². The van der Waals surface area contributed by atoms with Crippen molar-refractivity contribution in [2.24, 2.45) is 0 Å². The fraction of sp³-hybridized carbons (Fsp3) is 0.308. The minimum Gasteiger partial charge on any atom is -0.352 e. The van der Waals surface area contributed by atoms with E-state index < -0.39 is 0 Å². The van der Waals surface area contributed by atoms with Gasteiger partial charge in [-0.1, -0.05) is 19.1 Å². The van der Waals surface area contributed by atoms with Crippen LogP contribution in [0.1, 0.15) is 13.3 Å². The molecule has 0 saturated heterocycles. The molecule has 82 valence electrons. The molecule has 0 bridgehead atoms. The van der Waals surface area contributed by atoms with Crippen LogP contribution in [0.2, 0.25) is 0 Å². The number of anilines is 1. The zero-order valence-corrected chi connectivity index (χ0v) is 9.43. The molecule has 1 aromatic heterocycles. The molecular weight excluding hydrogens is 198 g/mol. The summed E-state index contributed by atoms with van der Waals surface area (Å²) in [4.78, 5) is 2.38. The molecule has 2 aromatic rings. The molecule has 0 spiro atoms. The lowest BCUT2D eigenvalue weighted by Crippen LogP contribution is -2.28. The van der Waals surface area contributed by atoms with E-state index in [0.29, 0.717) is 0 Å². The monoisotopic (exact) mass is 213 g/mol. The van der Waals surface area contributed by atoms with Crippen LogP contribution in [0.15, 0.2) is 30.3 Å². The van der Waals surface area contributed by atoms with Crippen LogP contribution >= 0.6 is 0 Å². The van der Waals surface area contributed by atoms with Gasteiger partial charge >= 0.3 is 0 Å². The summed E-state index contributed by atoms with van der Waals surface area (Å²) in [5.41, 5.74) is 1.07. The van der Waals surface area contributed by atoms with E-state index in [2.05, 4.69) is 47.4 Å². The SMILES string of the molecule is CCCN1CC=Cn2nc3ccccc3c21. The van der Waals surface area contributed by atoms with Gasteiger partial charge in [0.05, 0.1) is 5.52 Å². The fourth-order valence-electron chi connectivity index (χ4n) is 2.28. The third-order valence-corrected chi connectivity index (χ3v) is 2.94. The van der Waals surface area contributed by atoms with Gasteiger partial charge in [-0.05, 0) is 24.6 Å². The van der Waals surface area contributed by atoms with Crippen molar-refractivity contribution >= 4 is 22.9 Å². The summed E-state index contributed by atoms with van der Waals surface area (Å²) in [6.45, 7) is 4.28. The molecule has 0 N–H and O–H groups in total. The van der Waals surface area contributed by atoms with Crippen LogP contribution in [0, 0.1) is 0 Å². The number of fused-ring (bicyclic) bond motifs is 3. The van der Waals surface area contributed by atoms with Crippen molar-refractivity contribution in [2.75, 3.05) is 18.0 Å². The molecule has 1 aromatic carbocycles. The molecule has 0 fully saturated rings. The Labute approximate surface area is 95.0 Å². The largest absolute Gasteiger partial charge is 0.352 e. The molecule has 0 radical (unpaired) electrons. The van der Waals surface area contributed by atoms with E-state index in [0.717, 1.165) is 25.0 Å². The maximum atomic E-state index is 4.57. The van der Waals surface area contributed by atoms with E-state index in [9.17, 15) is 0 Å². The van der Waals surface area contributed by atoms with Crippen molar-refractivity contribution in [3.8, 4) is 0 Å². The predicted molar refractivity (Wildman–Crippen MR) is 67.6 cm³/mol. The second-order valence-electron chi connectivity index (χ2n) is 4.12. The minimum absolute atomic E-state index is 0.990. The van der Waals surface area contributed by atoms with Gasteiger partial charge in [0, 0.05) is 24.7 Å². The van der Waals surface area contributed by atoms with Crippen molar-refractivity contribution in [3.05, 3.63) is 30.3 Å². The van der Waals surface area contributed by atoms with Crippen LogP contribution in [-0.2, 0) is 0 Å². The number of rotatable bonds is 2. The van der Waals surface area contributed by atoms with Crippen molar-refractivity contribution in [3.63, 3.8) is 0 Å². The number of benzene rings is 1. The Balaban J connectivity index is 2.20. The number of nitrogens with zero attached hydrogens (tertiary/aromatic N) is 3. The molecule has 3 heteroatoms. The molecule has 0 unspecified atom stereocenters. The first-order valence-electron chi connectivity index (χ1n) is 5.79. The smallest absolute Gasteiger partial charge is 0.139 e. The molecule has 16 heavy (non-hydrogen) atoms. The molecule has 2 heterocycles. The van der Waals surface area contributed by atoms with Crippen LogP contribution in [0.25, 0.3) is 17.1 Å². The first kappa shape index (κ1) is 9.46. The van der Waals surface area contributed by atoms with Crippen LogP contribution in [0.3, 0.4) is 0 Å². The Kier molecular flexibility index (Phi) is 2.17. The van der Waals surface area contributed by atoms with E-state index in [1.54, 1.807) is 0 Å². The Bertz CT molecular complexity index is 539. The van der Waals surface area contributed by atoms with E-state index in [-0.39, 0.29) is 0 Å². The van der Waals surface area contributed by atoms with Crippen molar-refractivity contribution in [1.82, 2.24) is 9.78 Å². The summed E-state index contributed by atoms with van der Waals surface area (Å²) in [5.74, 6) is 1.24. The average molecular weight is 213 g/mol. The number of hydrogen-bond acceptors (Lipinski definition) is 2. The standard InChI is InChI=1S/C13H15N3/c1-2-8-15-9-5-10-16-13(15)11-6-3-4-7-12(11)14-16/h3-7,10H,2,8-9H2,1H3. The highest BCUT2D eigenvalue weighted by Crippen LogP contribution is 2.29. The van der Waals surface area contributed by atoms with Gasteiger partial charge in [0.1, 0.15) is 5.82 Å². The second kappa shape index (κ2) is 3.67. The lowest BCUT2D eigenvalue weighted by Gasteiger charge is -2.25. The first-order valence-corrected chi connectivity index (χ1v) is 5.79. The van der Waals surface area contributed by atoms with E-state index in [1.807, 2.05) is 10.7 Å². The molecule has 0 aliphatic carbocycles. The van der Waals surface area contributed by atoms with Crippen LogP contribution in [-0.4, -0.2) is 22.9 Å². The van der Waals surface area contributed by atoms with Crippen LogP contribution in [0.5, 0.6) is 0 Å². The quantitative estimate of drug-likeness (QED) is 0.764. The zero-order valence-electron chi connectivity index (χ0n) is 9.43. The molecular formula is C13H15N3. The molecule has 0 atom stereocenters. The number of hydrogen-bond donors (Lipinski definition) is 0. The summed E-state index contributed by atoms with van der Waals surface area (Å²) in [6, 6.07) is 8.33. The highest BCUT2D eigenvalue weighted by atomic mass is 15.4. The highest BCUT2D eigenvalue weighted by Gasteiger charge is 2.17. The lowest BCUT2D eigenvalue weighted by molar-refractivity contribution is 0.764. The van der Waals surface area contributed by atoms with Crippen molar-refractivity contribution in [2.45, 2.75) is 13.3 Å². The van der Waals surface area contributed by atoms with Gasteiger partial charge < -0.3 is 4.90 Å². The first-order chi connectivity index (χ1) is 7.90. The van der Waals surface area contributed by atoms with Gasteiger partial charge in [0.2, 0.25) is 0 Å². The molecule has 0 amide bonds. The molecule has 1 aliphatic rings.